The molecule has 20 heavy (non-hydrogen) atoms. The minimum Gasteiger partial charge on any atom is -0.464 e. The van der Waals surface area contributed by atoms with Crippen LogP contribution in [0.15, 0.2) is 38.0 Å². The van der Waals surface area contributed by atoms with Gasteiger partial charge in [-0.25, -0.2) is 0 Å². The van der Waals surface area contributed by atoms with E-state index in [1.807, 2.05) is 6.07 Å². The maximum Gasteiger partial charge on any atom is 0.149 e. The Balaban J connectivity index is 1.88. The van der Waals surface area contributed by atoms with E-state index in [9.17, 15) is 0 Å². The molecule has 1 aliphatic rings. The molecule has 4 heteroatoms. The average molecular weight is 334 g/mol. The highest BCUT2D eigenvalue weighted by atomic mass is 79.9. The zero-order valence-electron chi connectivity index (χ0n) is 11.1. The van der Waals surface area contributed by atoms with Crippen LogP contribution in [0.2, 0.25) is 0 Å². The first-order valence-corrected chi connectivity index (χ1v) is 7.89. The summed E-state index contributed by atoms with van der Waals surface area (Å²) in [5, 5.41) is 5.71. The van der Waals surface area contributed by atoms with Gasteiger partial charge in [0.1, 0.15) is 11.2 Å². The summed E-state index contributed by atoms with van der Waals surface area (Å²) < 4.78 is 12.4. The summed E-state index contributed by atoms with van der Waals surface area (Å²) in [6.07, 6.45) is 7.06. The van der Waals surface area contributed by atoms with E-state index in [2.05, 4.69) is 27.3 Å². The lowest BCUT2D eigenvalue weighted by Crippen LogP contribution is -2.28. The van der Waals surface area contributed by atoms with Gasteiger partial charge >= 0.3 is 0 Å². The molecule has 0 saturated carbocycles. The van der Waals surface area contributed by atoms with Gasteiger partial charge in [-0.2, -0.15) is 0 Å². The number of fused-ring (bicyclic) bond motifs is 2. The fourth-order valence-corrected chi connectivity index (χ4v) is 3.87. The molecule has 0 bridgehead atoms. The lowest BCUT2D eigenvalue weighted by Gasteiger charge is -2.23. The Morgan fingerprint density at radius 2 is 1.75 bits per heavy atom. The molecular formula is C16H16BrNO2. The van der Waals surface area contributed by atoms with Crippen molar-refractivity contribution >= 4 is 37.9 Å². The number of piperidine rings is 1. The summed E-state index contributed by atoms with van der Waals surface area (Å²) >= 11 is 3.64. The van der Waals surface area contributed by atoms with Crippen molar-refractivity contribution in [1.82, 2.24) is 5.32 Å². The van der Waals surface area contributed by atoms with Gasteiger partial charge in [-0.05, 0) is 66.3 Å². The fraction of sp³-hybridized carbons (Fsp3) is 0.375. The molecule has 3 nitrogen and oxygen atoms in total. The average Bonchev–Trinajstić information content (AvgIpc) is 3.14. The van der Waals surface area contributed by atoms with E-state index in [1.54, 1.807) is 12.5 Å². The maximum absolute atomic E-state index is 5.76. The van der Waals surface area contributed by atoms with Crippen LogP contribution < -0.4 is 5.32 Å². The standard InChI is InChI=1S/C16H16BrNO2/c17-14-12-4-8-19-15(12)13(11-3-7-20-16(11)14)9-10-1-5-18-6-2-10/h3-4,7-8,10,18H,1-2,5-6,9H2. The van der Waals surface area contributed by atoms with Gasteiger partial charge in [-0.1, -0.05) is 0 Å². The number of hydrogen-bond donors (Lipinski definition) is 1. The van der Waals surface area contributed by atoms with Gasteiger partial charge in [0.05, 0.1) is 17.0 Å². The second-order valence-corrected chi connectivity index (χ2v) is 6.31. The van der Waals surface area contributed by atoms with Gasteiger partial charge < -0.3 is 14.2 Å². The minimum absolute atomic E-state index is 0.726. The van der Waals surface area contributed by atoms with Crippen LogP contribution in [0.5, 0.6) is 0 Å². The van der Waals surface area contributed by atoms with E-state index >= 15 is 0 Å². The molecule has 0 atom stereocenters. The van der Waals surface area contributed by atoms with Crippen LogP contribution >= 0.6 is 15.9 Å². The van der Waals surface area contributed by atoms with Crippen LogP contribution in [0.1, 0.15) is 18.4 Å². The van der Waals surface area contributed by atoms with Crippen molar-refractivity contribution in [3.63, 3.8) is 0 Å². The van der Waals surface area contributed by atoms with E-state index in [0.717, 1.165) is 46.5 Å². The smallest absolute Gasteiger partial charge is 0.149 e. The van der Waals surface area contributed by atoms with E-state index < -0.39 is 0 Å². The Morgan fingerprint density at radius 3 is 2.55 bits per heavy atom. The summed E-state index contributed by atoms with van der Waals surface area (Å²) in [4.78, 5) is 0. The largest absolute Gasteiger partial charge is 0.464 e. The quantitative estimate of drug-likeness (QED) is 0.751. The van der Waals surface area contributed by atoms with Crippen LogP contribution in [0.25, 0.3) is 21.9 Å². The lowest BCUT2D eigenvalue weighted by molar-refractivity contribution is 0.373. The summed E-state index contributed by atoms with van der Waals surface area (Å²) in [5.41, 5.74) is 3.23. The zero-order valence-corrected chi connectivity index (χ0v) is 12.7. The van der Waals surface area contributed by atoms with Gasteiger partial charge in [-0.3, -0.25) is 0 Å². The van der Waals surface area contributed by atoms with Crippen molar-refractivity contribution in [2.45, 2.75) is 19.3 Å². The SMILES string of the molecule is Brc1c2ccoc2c(CC2CCNCC2)c2ccoc12. The topological polar surface area (TPSA) is 38.3 Å². The maximum atomic E-state index is 5.76. The molecule has 0 radical (unpaired) electrons. The Labute approximate surface area is 125 Å². The molecule has 0 amide bonds. The van der Waals surface area contributed by atoms with Crippen LogP contribution in [0, 0.1) is 5.92 Å². The molecule has 2 aromatic heterocycles. The van der Waals surface area contributed by atoms with E-state index in [4.69, 9.17) is 8.83 Å². The lowest BCUT2D eigenvalue weighted by atomic mass is 9.89. The molecule has 1 aromatic carbocycles. The van der Waals surface area contributed by atoms with Crippen molar-refractivity contribution in [2.24, 2.45) is 5.92 Å². The van der Waals surface area contributed by atoms with Crippen LogP contribution in [-0.4, -0.2) is 13.1 Å². The third-order valence-electron chi connectivity index (χ3n) is 4.32. The first kappa shape index (κ1) is 12.5. The normalized spacial score (nSPS) is 17.2. The second kappa shape index (κ2) is 4.93. The number of furan rings is 2. The summed E-state index contributed by atoms with van der Waals surface area (Å²) in [5.74, 6) is 0.726. The van der Waals surface area contributed by atoms with E-state index in [-0.39, 0.29) is 0 Å². The fourth-order valence-electron chi connectivity index (χ4n) is 3.25. The van der Waals surface area contributed by atoms with Gasteiger partial charge in [-0.15, -0.1) is 0 Å². The molecule has 3 aromatic rings. The highest BCUT2D eigenvalue weighted by molar-refractivity contribution is 9.10. The van der Waals surface area contributed by atoms with Crippen molar-refractivity contribution in [3.05, 3.63) is 34.7 Å². The predicted octanol–water partition coefficient (Wildman–Crippen LogP) is 4.48. The van der Waals surface area contributed by atoms with Crippen molar-refractivity contribution in [3.8, 4) is 0 Å². The zero-order chi connectivity index (χ0) is 13.5. The Kier molecular flexibility index (Phi) is 3.08. The molecule has 0 aliphatic carbocycles. The third kappa shape index (κ3) is 1.90. The van der Waals surface area contributed by atoms with E-state index in [0.29, 0.717) is 0 Å². The number of halogens is 1. The number of nitrogens with one attached hydrogen (secondary N) is 1. The van der Waals surface area contributed by atoms with Crippen LogP contribution in [-0.2, 0) is 6.42 Å². The van der Waals surface area contributed by atoms with Crippen LogP contribution in [0.4, 0.5) is 0 Å². The number of benzene rings is 1. The molecule has 0 unspecified atom stereocenters. The third-order valence-corrected chi connectivity index (χ3v) is 5.10. The number of hydrogen-bond acceptors (Lipinski definition) is 3. The van der Waals surface area contributed by atoms with Gasteiger partial charge in [0.2, 0.25) is 0 Å². The minimum atomic E-state index is 0.726. The molecule has 1 N–H and O–H groups in total. The molecule has 104 valence electrons. The van der Waals surface area contributed by atoms with Crippen molar-refractivity contribution in [2.75, 3.05) is 13.1 Å². The first-order valence-electron chi connectivity index (χ1n) is 7.10. The molecule has 4 rings (SSSR count). The monoisotopic (exact) mass is 333 g/mol. The van der Waals surface area contributed by atoms with Crippen molar-refractivity contribution < 1.29 is 8.83 Å². The summed E-state index contributed by atoms with van der Waals surface area (Å²) in [7, 11) is 0. The summed E-state index contributed by atoms with van der Waals surface area (Å²) in [6, 6.07) is 4.06. The van der Waals surface area contributed by atoms with Gasteiger partial charge in [0, 0.05) is 16.3 Å². The molecule has 3 heterocycles. The molecular weight excluding hydrogens is 318 g/mol. The Morgan fingerprint density at radius 1 is 1.05 bits per heavy atom. The molecule has 1 aliphatic heterocycles. The predicted molar refractivity (Wildman–Crippen MR) is 83.0 cm³/mol. The molecule has 1 saturated heterocycles. The molecule has 0 spiro atoms. The highest BCUT2D eigenvalue weighted by Gasteiger charge is 2.21. The molecule has 1 fully saturated rings. The summed E-state index contributed by atoms with van der Waals surface area (Å²) in [6.45, 7) is 2.24. The highest BCUT2D eigenvalue weighted by Crippen LogP contribution is 2.39. The van der Waals surface area contributed by atoms with Gasteiger partial charge in [0.15, 0.2) is 0 Å². The Hall–Kier alpha value is -1.26. The van der Waals surface area contributed by atoms with E-state index in [1.165, 1.54) is 23.8 Å². The van der Waals surface area contributed by atoms with Crippen molar-refractivity contribution in [1.29, 1.82) is 0 Å². The van der Waals surface area contributed by atoms with Crippen LogP contribution in [0.3, 0.4) is 0 Å². The first-order chi connectivity index (χ1) is 9.84. The second-order valence-electron chi connectivity index (χ2n) is 5.52. The Bertz CT molecular complexity index is 701. The van der Waals surface area contributed by atoms with Gasteiger partial charge in [0.25, 0.3) is 0 Å². The number of rotatable bonds is 2.